The number of nitrogens with zero attached hydrogens (tertiary/aromatic N) is 2. The minimum Gasteiger partial charge on any atom is -0.493 e. The van der Waals surface area contributed by atoms with Crippen LogP contribution in [0.5, 0.6) is 5.75 Å². The summed E-state index contributed by atoms with van der Waals surface area (Å²) < 4.78 is 33.1. The van der Waals surface area contributed by atoms with Gasteiger partial charge in [0, 0.05) is 25.7 Å². The van der Waals surface area contributed by atoms with Gasteiger partial charge in [-0.25, -0.2) is 8.42 Å². The maximum absolute atomic E-state index is 12.7. The molecule has 3 aliphatic heterocycles. The number of carbonyl (C=O) groups is 1. The topological polar surface area (TPSA) is 88.1 Å². The molecule has 8 heteroatoms. The molecule has 7 nitrogen and oxygen atoms in total. The van der Waals surface area contributed by atoms with Crippen molar-refractivity contribution in [2.75, 3.05) is 18.9 Å². The van der Waals surface area contributed by atoms with Crippen molar-refractivity contribution in [3.63, 3.8) is 0 Å². The number of benzene rings is 2. The molecule has 0 saturated heterocycles. The molecular formula is C23H21N3O4S. The molecule has 0 aliphatic carbocycles. The molecule has 0 radical (unpaired) electrons. The lowest BCUT2D eigenvalue weighted by Gasteiger charge is -2.28. The zero-order valence-electron chi connectivity index (χ0n) is 16.7. The minimum atomic E-state index is -3.54. The average Bonchev–Trinajstić information content (AvgIpc) is 3.25. The number of hydrogen-bond acceptors (Lipinski definition) is 5. The fraction of sp³-hybridized carbons (Fsp3) is 0.217. The summed E-state index contributed by atoms with van der Waals surface area (Å²) in [6, 6.07) is 14.2. The van der Waals surface area contributed by atoms with Crippen molar-refractivity contribution in [2.24, 2.45) is 4.40 Å². The van der Waals surface area contributed by atoms with E-state index < -0.39 is 10.0 Å². The average molecular weight is 436 g/mol. The third kappa shape index (κ3) is 3.98. The van der Waals surface area contributed by atoms with Gasteiger partial charge in [0.05, 0.1) is 17.9 Å². The lowest BCUT2D eigenvalue weighted by Crippen LogP contribution is -2.42. The molecule has 0 aromatic heterocycles. The van der Waals surface area contributed by atoms with Gasteiger partial charge in [-0.1, -0.05) is 30.3 Å². The molecule has 1 amide bonds. The van der Waals surface area contributed by atoms with Crippen LogP contribution >= 0.6 is 0 Å². The number of amides is 1. The van der Waals surface area contributed by atoms with E-state index in [2.05, 4.69) is 21.8 Å². The Morgan fingerprint density at radius 1 is 1.13 bits per heavy atom. The molecule has 5 rings (SSSR count). The van der Waals surface area contributed by atoms with E-state index in [4.69, 9.17) is 4.74 Å². The number of fused-ring (bicyclic) bond motifs is 2. The first kappa shape index (κ1) is 19.6. The first-order valence-corrected chi connectivity index (χ1v) is 11.7. The van der Waals surface area contributed by atoms with Gasteiger partial charge in [-0.15, -0.1) is 4.40 Å². The normalized spacial score (nSPS) is 18.4. The van der Waals surface area contributed by atoms with Crippen LogP contribution in [0.25, 0.3) is 11.1 Å². The summed E-state index contributed by atoms with van der Waals surface area (Å²) >= 11 is 0. The third-order valence-corrected chi connectivity index (χ3v) is 6.68. The first-order valence-electron chi connectivity index (χ1n) is 10.1. The first-order chi connectivity index (χ1) is 15.0. The van der Waals surface area contributed by atoms with Crippen LogP contribution in [0.15, 0.2) is 70.8 Å². The molecular weight excluding hydrogens is 414 g/mol. The van der Waals surface area contributed by atoms with E-state index in [1.807, 2.05) is 30.3 Å². The summed E-state index contributed by atoms with van der Waals surface area (Å²) in [6.07, 6.45) is 5.98. The van der Waals surface area contributed by atoms with Crippen LogP contribution in [-0.2, 0) is 27.8 Å². The second-order valence-electron chi connectivity index (χ2n) is 7.62. The van der Waals surface area contributed by atoms with Crippen molar-refractivity contribution in [1.29, 1.82) is 0 Å². The van der Waals surface area contributed by atoms with E-state index in [1.165, 1.54) is 5.56 Å². The molecule has 0 saturated carbocycles. The zero-order valence-corrected chi connectivity index (χ0v) is 17.6. The molecule has 0 fully saturated rings. The molecule has 158 valence electrons. The monoisotopic (exact) mass is 435 g/mol. The smallest absolute Gasteiger partial charge is 0.256 e. The molecule has 0 atom stereocenters. The van der Waals surface area contributed by atoms with E-state index in [1.54, 1.807) is 23.3 Å². The fourth-order valence-corrected chi connectivity index (χ4v) is 4.84. The van der Waals surface area contributed by atoms with Gasteiger partial charge in [0.25, 0.3) is 15.9 Å². The molecule has 1 N–H and O–H groups in total. The third-order valence-electron chi connectivity index (χ3n) is 5.53. The van der Waals surface area contributed by atoms with Gasteiger partial charge >= 0.3 is 0 Å². The lowest BCUT2D eigenvalue weighted by atomic mass is 10.0. The summed E-state index contributed by atoms with van der Waals surface area (Å²) in [7, 11) is -3.54. The molecule has 3 aliphatic rings. The van der Waals surface area contributed by atoms with Crippen molar-refractivity contribution < 1.29 is 17.9 Å². The SMILES string of the molecule is O=C(NCc1ccc(-c2ccc3c(c2)CCO3)cc1)C1=CC=CN2CCS(=O)(=O)N=C12. The maximum Gasteiger partial charge on any atom is 0.256 e. The van der Waals surface area contributed by atoms with Gasteiger partial charge in [-0.2, -0.15) is 0 Å². The predicted octanol–water partition coefficient (Wildman–Crippen LogP) is 2.40. The Morgan fingerprint density at radius 3 is 2.77 bits per heavy atom. The fourth-order valence-electron chi connectivity index (χ4n) is 3.85. The Balaban J connectivity index is 1.27. The van der Waals surface area contributed by atoms with Crippen LogP contribution in [0.3, 0.4) is 0 Å². The summed E-state index contributed by atoms with van der Waals surface area (Å²) in [5, 5.41) is 2.86. The molecule has 2 aromatic rings. The molecule has 31 heavy (non-hydrogen) atoms. The Morgan fingerprint density at radius 2 is 1.94 bits per heavy atom. The van der Waals surface area contributed by atoms with Crippen LogP contribution in [0, 0.1) is 0 Å². The van der Waals surface area contributed by atoms with Crippen LogP contribution in [-0.4, -0.2) is 44.0 Å². The second kappa shape index (κ2) is 7.70. The van der Waals surface area contributed by atoms with Crippen molar-refractivity contribution in [3.05, 3.63) is 77.5 Å². The number of ether oxygens (including phenoxy) is 1. The number of rotatable bonds is 4. The van der Waals surface area contributed by atoms with Crippen molar-refractivity contribution in [3.8, 4) is 16.9 Å². The highest BCUT2D eigenvalue weighted by molar-refractivity contribution is 7.90. The quantitative estimate of drug-likeness (QED) is 0.797. The molecule has 0 spiro atoms. The van der Waals surface area contributed by atoms with Gasteiger partial charge in [0.1, 0.15) is 5.75 Å². The maximum atomic E-state index is 12.7. The molecule has 3 heterocycles. The summed E-state index contributed by atoms with van der Waals surface area (Å²) in [5.74, 6) is 0.734. The van der Waals surface area contributed by atoms with E-state index in [0.29, 0.717) is 13.1 Å². The second-order valence-corrected chi connectivity index (χ2v) is 9.37. The largest absolute Gasteiger partial charge is 0.493 e. The van der Waals surface area contributed by atoms with E-state index in [-0.39, 0.29) is 23.1 Å². The Kier molecular flexibility index (Phi) is 4.86. The number of amidine groups is 1. The standard InChI is InChI=1S/C23H21N3O4S/c27-23(20-2-1-10-26-11-13-31(28,29)25-22(20)26)24-15-16-3-5-17(6-4-16)18-7-8-21-19(14-18)9-12-30-21/h1-8,10,14H,9,11-13,15H2,(H,24,27). The number of allylic oxidation sites excluding steroid dienone is 2. The lowest BCUT2D eigenvalue weighted by molar-refractivity contribution is -0.117. The number of sulfonamides is 1. The number of nitrogens with one attached hydrogen (secondary N) is 1. The van der Waals surface area contributed by atoms with E-state index in [0.717, 1.165) is 35.5 Å². The van der Waals surface area contributed by atoms with Crippen LogP contribution in [0.4, 0.5) is 0 Å². The summed E-state index contributed by atoms with van der Waals surface area (Å²) in [5.41, 5.74) is 4.66. The van der Waals surface area contributed by atoms with Crippen LogP contribution in [0.2, 0.25) is 0 Å². The number of carbonyl (C=O) groups excluding carboxylic acids is 1. The van der Waals surface area contributed by atoms with Crippen molar-refractivity contribution >= 4 is 21.8 Å². The van der Waals surface area contributed by atoms with Gasteiger partial charge in [-0.05, 0) is 46.5 Å². The Bertz CT molecular complexity index is 1240. The van der Waals surface area contributed by atoms with Gasteiger partial charge in [0.15, 0.2) is 5.84 Å². The van der Waals surface area contributed by atoms with Gasteiger partial charge in [-0.3, -0.25) is 4.79 Å². The minimum absolute atomic E-state index is 0.0562. The molecule has 0 unspecified atom stereocenters. The Hall–Kier alpha value is -3.39. The van der Waals surface area contributed by atoms with Crippen LogP contribution < -0.4 is 10.1 Å². The summed E-state index contributed by atoms with van der Waals surface area (Å²) in [6.45, 7) is 1.36. The van der Waals surface area contributed by atoms with Crippen molar-refractivity contribution in [1.82, 2.24) is 10.2 Å². The molecule has 0 bridgehead atoms. The van der Waals surface area contributed by atoms with E-state index >= 15 is 0 Å². The number of hydrogen-bond donors (Lipinski definition) is 1. The van der Waals surface area contributed by atoms with E-state index in [9.17, 15) is 13.2 Å². The summed E-state index contributed by atoms with van der Waals surface area (Å²) in [4.78, 5) is 14.4. The van der Waals surface area contributed by atoms with Crippen LogP contribution in [0.1, 0.15) is 11.1 Å². The van der Waals surface area contributed by atoms with Gasteiger partial charge in [0.2, 0.25) is 0 Å². The Labute approximate surface area is 180 Å². The molecule has 2 aromatic carbocycles. The highest BCUT2D eigenvalue weighted by Gasteiger charge is 2.29. The highest BCUT2D eigenvalue weighted by Crippen LogP contribution is 2.30. The van der Waals surface area contributed by atoms with Crippen molar-refractivity contribution in [2.45, 2.75) is 13.0 Å². The zero-order chi connectivity index (χ0) is 21.4. The predicted molar refractivity (Wildman–Crippen MR) is 118 cm³/mol. The van der Waals surface area contributed by atoms with Gasteiger partial charge < -0.3 is 15.0 Å². The highest BCUT2D eigenvalue weighted by atomic mass is 32.2.